The molecule has 0 aliphatic rings. The smallest absolute Gasteiger partial charge is 0.200 e. The van der Waals surface area contributed by atoms with E-state index in [9.17, 15) is 8.42 Å². The lowest BCUT2D eigenvalue weighted by Gasteiger charge is -2.11. The van der Waals surface area contributed by atoms with Crippen LogP contribution in [0.1, 0.15) is 0 Å². The number of benzene rings is 3. The Balaban J connectivity index is 1.85. The van der Waals surface area contributed by atoms with Gasteiger partial charge in [0.1, 0.15) is 0 Å². The van der Waals surface area contributed by atoms with Gasteiger partial charge in [0.15, 0.2) is 0 Å². The maximum absolute atomic E-state index is 12.9. The molecule has 0 saturated heterocycles. The van der Waals surface area contributed by atoms with Crippen molar-refractivity contribution in [2.24, 2.45) is 0 Å². The minimum Gasteiger partial charge on any atom is -0.200 e. The highest BCUT2D eigenvalue weighted by atomic mass is 35.5. The molecule has 4 aromatic rings. The first-order chi connectivity index (χ1) is 14.3. The van der Waals surface area contributed by atoms with Crippen molar-refractivity contribution in [2.75, 3.05) is 4.83 Å². The number of aromatic nitrogens is 2. The predicted octanol–water partition coefficient (Wildman–Crippen LogP) is 6.11. The van der Waals surface area contributed by atoms with E-state index in [-0.39, 0.29) is 4.90 Å². The summed E-state index contributed by atoms with van der Waals surface area (Å²) in [5.41, 5.74) is 2.27. The molecular formula is C21H14Cl3N3O2S. The normalized spacial score (nSPS) is 11.4. The van der Waals surface area contributed by atoms with Crippen molar-refractivity contribution in [1.29, 1.82) is 0 Å². The largest absolute Gasteiger partial charge is 0.276 e. The van der Waals surface area contributed by atoms with Gasteiger partial charge in [-0.05, 0) is 48.5 Å². The van der Waals surface area contributed by atoms with E-state index in [1.54, 1.807) is 66.7 Å². The standard InChI is InChI=1S/C21H14Cl3N3O2S/c22-15-8-6-14(7-9-15)21-13-20(18-12-16(23)10-11-19(18)24)25-27(21)26-30(28,29)17-4-2-1-3-5-17/h1-13,26H. The van der Waals surface area contributed by atoms with E-state index in [1.165, 1.54) is 16.9 Å². The highest BCUT2D eigenvalue weighted by Crippen LogP contribution is 2.33. The molecule has 0 radical (unpaired) electrons. The molecule has 0 amide bonds. The van der Waals surface area contributed by atoms with Gasteiger partial charge in [0.05, 0.1) is 21.3 Å². The van der Waals surface area contributed by atoms with Crippen LogP contribution >= 0.6 is 34.8 Å². The minimum atomic E-state index is -3.87. The second-order valence-corrected chi connectivity index (χ2v) is 9.31. The molecule has 0 spiro atoms. The molecule has 0 atom stereocenters. The number of sulfonamides is 1. The third-order valence-electron chi connectivity index (χ3n) is 4.31. The lowest BCUT2D eigenvalue weighted by atomic mass is 10.1. The number of nitrogens with one attached hydrogen (secondary N) is 1. The van der Waals surface area contributed by atoms with Gasteiger partial charge in [-0.25, -0.2) is 0 Å². The van der Waals surface area contributed by atoms with E-state index in [0.29, 0.717) is 37.6 Å². The SMILES string of the molecule is O=S(=O)(Nn1nc(-c2cc(Cl)ccc2Cl)cc1-c1ccc(Cl)cc1)c1ccccc1. The first kappa shape index (κ1) is 20.8. The average Bonchev–Trinajstić information content (AvgIpc) is 3.14. The van der Waals surface area contributed by atoms with Crippen LogP contribution in [0, 0.1) is 0 Å². The fourth-order valence-corrected chi connectivity index (χ4v) is 4.37. The third-order valence-corrected chi connectivity index (χ3v) is 6.44. The van der Waals surface area contributed by atoms with Crippen molar-refractivity contribution in [3.05, 3.63) is 93.9 Å². The summed E-state index contributed by atoms with van der Waals surface area (Å²) in [5, 5.41) is 5.94. The van der Waals surface area contributed by atoms with Crippen molar-refractivity contribution in [3.63, 3.8) is 0 Å². The molecule has 9 heteroatoms. The van der Waals surface area contributed by atoms with Crippen LogP contribution in [0.5, 0.6) is 0 Å². The van der Waals surface area contributed by atoms with Crippen molar-refractivity contribution < 1.29 is 8.42 Å². The Morgan fingerprint density at radius 3 is 2.17 bits per heavy atom. The summed E-state index contributed by atoms with van der Waals surface area (Å²) in [6.45, 7) is 0. The Labute approximate surface area is 188 Å². The quantitative estimate of drug-likeness (QED) is 0.376. The topological polar surface area (TPSA) is 64.0 Å². The van der Waals surface area contributed by atoms with Gasteiger partial charge in [-0.15, -0.1) is 0 Å². The third kappa shape index (κ3) is 4.32. The molecule has 30 heavy (non-hydrogen) atoms. The van der Waals surface area contributed by atoms with E-state index in [4.69, 9.17) is 34.8 Å². The molecule has 0 aliphatic carbocycles. The lowest BCUT2D eigenvalue weighted by molar-refractivity contribution is 0.592. The molecule has 4 rings (SSSR count). The van der Waals surface area contributed by atoms with Crippen LogP contribution in [0.15, 0.2) is 83.8 Å². The van der Waals surface area contributed by atoms with Crippen LogP contribution in [0.3, 0.4) is 0 Å². The molecule has 0 saturated carbocycles. The molecule has 3 aromatic carbocycles. The number of halogens is 3. The zero-order valence-electron chi connectivity index (χ0n) is 15.3. The number of hydrogen-bond acceptors (Lipinski definition) is 3. The van der Waals surface area contributed by atoms with Crippen LogP contribution in [-0.2, 0) is 10.0 Å². The highest BCUT2D eigenvalue weighted by Gasteiger charge is 2.19. The van der Waals surface area contributed by atoms with Gasteiger partial charge in [-0.3, -0.25) is 0 Å². The van der Waals surface area contributed by atoms with Crippen LogP contribution in [0.2, 0.25) is 15.1 Å². The first-order valence-corrected chi connectivity index (χ1v) is 11.3. The predicted molar refractivity (Wildman–Crippen MR) is 121 cm³/mol. The summed E-state index contributed by atoms with van der Waals surface area (Å²) in [7, 11) is -3.87. The molecule has 1 heterocycles. The van der Waals surface area contributed by atoms with Crippen molar-refractivity contribution in [1.82, 2.24) is 9.89 Å². The Hall–Kier alpha value is -2.51. The van der Waals surface area contributed by atoms with Crippen LogP contribution in [0.4, 0.5) is 0 Å². The Morgan fingerprint density at radius 2 is 1.47 bits per heavy atom. The second-order valence-electron chi connectivity index (χ2n) is 6.37. The first-order valence-electron chi connectivity index (χ1n) is 8.73. The summed E-state index contributed by atoms with van der Waals surface area (Å²) >= 11 is 18.4. The maximum Gasteiger partial charge on any atom is 0.276 e. The molecular weight excluding hydrogens is 465 g/mol. The van der Waals surface area contributed by atoms with E-state index in [0.717, 1.165) is 0 Å². The monoisotopic (exact) mass is 477 g/mol. The molecule has 0 bridgehead atoms. The molecule has 1 aromatic heterocycles. The van der Waals surface area contributed by atoms with Crippen LogP contribution in [0.25, 0.3) is 22.5 Å². The van der Waals surface area contributed by atoms with Gasteiger partial charge < -0.3 is 0 Å². The number of rotatable bonds is 5. The minimum absolute atomic E-state index is 0.116. The maximum atomic E-state index is 12.9. The van der Waals surface area contributed by atoms with E-state index in [2.05, 4.69) is 9.93 Å². The van der Waals surface area contributed by atoms with Crippen LogP contribution in [-0.4, -0.2) is 18.3 Å². The Bertz CT molecular complexity index is 1310. The molecule has 0 aliphatic heterocycles. The van der Waals surface area contributed by atoms with Gasteiger partial charge in [-0.1, -0.05) is 65.1 Å². The highest BCUT2D eigenvalue weighted by molar-refractivity contribution is 7.92. The zero-order chi connectivity index (χ0) is 21.3. The van der Waals surface area contributed by atoms with Crippen molar-refractivity contribution in [2.45, 2.75) is 4.90 Å². The van der Waals surface area contributed by atoms with E-state index < -0.39 is 10.0 Å². The van der Waals surface area contributed by atoms with Crippen molar-refractivity contribution >= 4 is 44.8 Å². The molecule has 5 nitrogen and oxygen atoms in total. The van der Waals surface area contributed by atoms with Crippen LogP contribution < -0.4 is 4.83 Å². The Morgan fingerprint density at radius 1 is 0.800 bits per heavy atom. The van der Waals surface area contributed by atoms with Gasteiger partial charge in [-0.2, -0.15) is 23.1 Å². The fraction of sp³-hybridized carbons (Fsp3) is 0. The number of nitrogens with zero attached hydrogens (tertiary/aromatic N) is 2. The fourth-order valence-electron chi connectivity index (χ4n) is 2.87. The van der Waals surface area contributed by atoms with Gasteiger partial charge in [0.25, 0.3) is 10.0 Å². The molecule has 152 valence electrons. The average molecular weight is 479 g/mol. The van der Waals surface area contributed by atoms with Gasteiger partial charge in [0.2, 0.25) is 0 Å². The van der Waals surface area contributed by atoms with E-state index >= 15 is 0 Å². The Kier molecular flexibility index (Phi) is 5.75. The summed E-state index contributed by atoms with van der Waals surface area (Å²) in [6, 6.07) is 21.8. The molecule has 0 unspecified atom stereocenters. The zero-order valence-corrected chi connectivity index (χ0v) is 18.3. The molecule has 1 N–H and O–H groups in total. The second kappa shape index (κ2) is 8.32. The summed E-state index contributed by atoms with van der Waals surface area (Å²) in [5.74, 6) is 0. The van der Waals surface area contributed by atoms with Gasteiger partial charge in [0, 0.05) is 21.2 Å². The van der Waals surface area contributed by atoms with E-state index in [1.807, 2.05) is 0 Å². The summed E-state index contributed by atoms with van der Waals surface area (Å²) in [6.07, 6.45) is 0. The molecule has 0 fully saturated rings. The number of hydrogen-bond donors (Lipinski definition) is 1. The van der Waals surface area contributed by atoms with Crippen molar-refractivity contribution in [3.8, 4) is 22.5 Å². The summed E-state index contributed by atoms with van der Waals surface area (Å²) in [4.78, 5) is 3.83. The lowest BCUT2D eigenvalue weighted by Crippen LogP contribution is -2.25. The summed E-state index contributed by atoms with van der Waals surface area (Å²) < 4.78 is 25.7. The van der Waals surface area contributed by atoms with Gasteiger partial charge >= 0.3 is 0 Å².